The number of fused-ring (bicyclic) bond motifs is 1. The van der Waals surface area contributed by atoms with Crippen LogP contribution in [0.2, 0.25) is 15.1 Å². The highest BCUT2D eigenvalue weighted by Gasteiger charge is 2.24. The third kappa shape index (κ3) is 4.10. The van der Waals surface area contributed by atoms with Gasteiger partial charge in [0.05, 0.1) is 16.4 Å². The van der Waals surface area contributed by atoms with E-state index in [9.17, 15) is 4.79 Å². The van der Waals surface area contributed by atoms with Gasteiger partial charge in [0.25, 0.3) is 5.91 Å². The van der Waals surface area contributed by atoms with Crippen LogP contribution in [0.3, 0.4) is 0 Å². The van der Waals surface area contributed by atoms with Crippen LogP contribution in [0.25, 0.3) is 5.69 Å². The molecule has 1 N–H and O–H groups in total. The molecule has 0 atom stereocenters. The summed E-state index contributed by atoms with van der Waals surface area (Å²) in [6.45, 7) is -0.185. The molecule has 0 aliphatic carbocycles. The number of nitrogens with one attached hydrogen (secondary N) is 1. The maximum atomic E-state index is 12.5. The number of carbonyl (C=O) groups excluding carboxylic acids is 1. The van der Waals surface area contributed by atoms with E-state index in [0.717, 1.165) is 28.5 Å². The predicted octanol–water partition coefficient (Wildman–Crippen LogP) is 5.60. The molecule has 5 nitrogen and oxygen atoms in total. The van der Waals surface area contributed by atoms with Crippen molar-refractivity contribution in [1.82, 2.24) is 9.78 Å². The highest BCUT2D eigenvalue weighted by Crippen LogP contribution is 2.36. The minimum Gasteiger partial charge on any atom is -0.482 e. The lowest BCUT2D eigenvalue weighted by molar-refractivity contribution is -0.118. The normalized spacial score (nSPS) is 12.7. The summed E-state index contributed by atoms with van der Waals surface area (Å²) < 4.78 is 7.26. The monoisotopic (exact) mass is 453 g/mol. The Morgan fingerprint density at radius 1 is 1.11 bits per heavy atom. The molecule has 1 aliphatic heterocycles. The summed E-state index contributed by atoms with van der Waals surface area (Å²) in [6, 6.07) is 12.1. The largest absolute Gasteiger partial charge is 0.482 e. The molecule has 0 spiro atoms. The molecule has 0 saturated carbocycles. The molecule has 2 aromatic carbocycles. The SMILES string of the molecule is O=C(COc1ccc(Cl)cc1Cl)Nc1c2c(nn1-c1ccc(Cl)cc1)CSC2. The molecule has 0 fully saturated rings. The third-order valence-electron chi connectivity index (χ3n) is 4.13. The summed E-state index contributed by atoms with van der Waals surface area (Å²) in [5.74, 6) is 2.35. The van der Waals surface area contributed by atoms with Crippen molar-refractivity contribution in [2.75, 3.05) is 11.9 Å². The molecule has 1 aromatic heterocycles. The highest BCUT2D eigenvalue weighted by molar-refractivity contribution is 7.98. The second kappa shape index (κ2) is 8.25. The second-order valence-corrected chi connectivity index (χ2v) is 8.33. The molecule has 0 bridgehead atoms. The Hall–Kier alpha value is -1.86. The molecule has 0 unspecified atom stereocenters. The van der Waals surface area contributed by atoms with E-state index in [1.165, 1.54) is 0 Å². The van der Waals surface area contributed by atoms with Crippen molar-refractivity contribution < 1.29 is 9.53 Å². The van der Waals surface area contributed by atoms with Crippen molar-refractivity contribution in [3.8, 4) is 11.4 Å². The molecule has 3 aromatic rings. The minimum absolute atomic E-state index is 0.185. The molecule has 144 valence electrons. The number of ether oxygens (including phenoxy) is 1. The summed E-state index contributed by atoms with van der Waals surface area (Å²) in [7, 11) is 0. The Morgan fingerprint density at radius 3 is 2.61 bits per heavy atom. The van der Waals surface area contributed by atoms with Crippen LogP contribution in [0.4, 0.5) is 5.82 Å². The Morgan fingerprint density at radius 2 is 1.86 bits per heavy atom. The van der Waals surface area contributed by atoms with Gasteiger partial charge in [-0.2, -0.15) is 16.9 Å². The lowest BCUT2D eigenvalue weighted by atomic mass is 10.2. The molecule has 0 saturated heterocycles. The molecule has 2 heterocycles. The fourth-order valence-electron chi connectivity index (χ4n) is 2.81. The minimum atomic E-state index is -0.305. The smallest absolute Gasteiger partial charge is 0.263 e. The first-order chi connectivity index (χ1) is 13.5. The third-order valence-corrected chi connectivity index (χ3v) is 5.89. The summed E-state index contributed by atoms with van der Waals surface area (Å²) in [5, 5.41) is 9.06. The molecule has 1 aliphatic rings. The number of carbonyl (C=O) groups is 1. The van der Waals surface area contributed by atoms with Crippen molar-refractivity contribution in [3.05, 3.63) is 68.8 Å². The highest BCUT2D eigenvalue weighted by atomic mass is 35.5. The van der Waals surface area contributed by atoms with Gasteiger partial charge < -0.3 is 10.1 Å². The number of benzene rings is 2. The lowest BCUT2D eigenvalue weighted by Crippen LogP contribution is -2.22. The molecule has 0 radical (unpaired) electrons. The van der Waals surface area contributed by atoms with Crippen LogP contribution in [0.5, 0.6) is 5.75 Å². The van der Waals surface area contributed by atoms with E-state index in [2.05, 4.69) is 10.4 Å². The summed E-state index contributed by atoms with van der Waals surface area (Å²) in [5.41, 5.74) is 2.82. The Balaban J connectivity index is 1.53. The second-order valence-electron chi connectivity index (χ2n) is 6.07. The quantitative estimate of drug-likeness (QED) is 0.545. The number of amides is 1. The Labute approximate surface area is 180 Å². The van der Waals surface area contributed by atoms with Gasteiger partial charge in [0, 0.05) is 27.1 Å². The molecule has 28 heavy (non-hydrogen) atoms. The zero-order valence-electron chi connectivity index (χ0n) is 14.4. The van der Waals surface area contributed by atoms with E-state index in [0.29, 0.717) is 26.6 Å². The zero-order valence-corrected chi connectivity index (χ0v) is 17.5. The summed E-state index contributed by atoms with van der Waals surface area (Å²) in [4.78, 5) is 12.5. The number of halogens is 3. The van der Waals surface area contributed by atoms with Crippen molar-refractivity contribution in [3.63, 3.8) is 0 Å². The van der Waals surface area contributed by atoms with E-state index >= 15 is 0 Å². The van der Waals surface area contributed by atoms with E-state index in [1.54, 1.807) is 46.8 Å². The number of thioether (sulfide) groups is 1. The molecular weight excluding hydrogens is 441 g/mol. The first-order valence-corrected chi connectivity index (χ1v) is 10.6. The van der Waals surface area contributed by atoms with Crippen LogP contribution < -0.4 is 10.1 Å². The van der Waals surface area contributed by atoms with E-state index in [4.69, 9.17) is 39.5 Å². The molecular formula is C19H14Cl3N3O2S. The summed E-state index contributed by atoms with van der Waals surface area (Å²) >= 11 is 19.7. The van der Waals surface area contributed by atoms with Gasteiger partial charge in [0.1, 0.15) is 11.6 Å². The Kier molecular flexibility index (Phi) is 5.73. The van der Waals surface area contributed by atoms with Gasteiger partial charge >= 0.3 is 0 Å². The maximum absolute atomic E-state index is 12.5. The number of rotatable bonds is 5. The molecule has 9 heteroatoms. The van der Waals surface area contributed by atoms with Gasteiger partial charge in [-0.05, 0) is 42.5 Å². The van der Waals surface area contributed by atoms with Gasteiger partial charge in [0.15, 0.2) is 6.61 Å². The van der Waals surface area contributed by atoms with E-state index in [1.807, 2.05) is 12.1 Å². The molecule has 1 amide bonds. The average molecular weight is 455 g/mol. The van der Waals surface area contributed by atoms with E-state index in [-0.39, 0.29) is 12.5 Å². The number of nitrogens with zero attached hydrogens (tertiary/aromatic N) is 2. The first-order valence-electron chi connectivity index (χ1n) is 8.33. The number of hydrogen-bond acceptors (Lipinski definition) is 4. The van der Waals surface area contributed by atoms with Crippen molar-refractivity contribution in [2.45, 2.75) is 11.5 Å². The first kappa shape index (κ1) is 19.5. The maximum Gasteiger partial charge on any atom is 0.263 e. The van der Waals surface area contributed by atoms with Gasteiger partial charge in [-0.15, -0.1) is 0 Å². The van der Waals surface area contributed by atoms with Crippen LogP contribution in [-0.4, -0.2) is 22.3 Å². The van der Waals surface area contributed by atoms with Gasteiger partial charge in [0.2, 0.25) is 0 Å². The van der Waals surface area contributed by atoms with Crippen molar-refractivity contribution in [1.29, 1.82) is 0 Å². The topological polar surface area (TPSA) is 56.1 Å². The van der Waals surface area contributed by atoms with Crippen LogP contribution in [-0.2, 0) is 16.3 Å². The van der Waals surface area contributed by atoms with Gasteiger partial charge in [-0.25, -0.2) is 4.68 Å². The fourth-order valence-corrected chi connectivity index (χ4v) is 4.44. The summed E-state index contributed by atoms with van der Waals surface area (Å²) in [6.07, 6.45) is 0. The van der Waals surface area contributed by atoms with Crippen molar-refractivity contribution >= 4 is 58.3 Å². The van der Waals surface area contributed by atoms with Gasteiger partial charge in [-0.3, -0.25) is 4.79 Å². The predicted molar refractivity (Wildman–Crippen MR) is 114 cm³/mol. The van der Waals surface area contributed by atoms with Crippen LogP contribution in [0, 0.1) is 0 Å². The van der Waals surface area contributed by atoms with Crippen LogP contribution >= 0.6 is 46.6 Å². The number of aromatic nitrogens is 2. The number of hydrogen-bond donors (Lipinski definition) is 1. The average Bonchev–Trinajstić information content (AvgIpc) is 3.24. The van der Waals surface area contributed by atoms with Gasteiger partial charge in [-0.1, -0.05) is 34.8 Å². The zero-order chi connectivity index (χ0) is 19.7. The molecule has 4 rings (SSSR count). The van der Waals surface area contributed by atoms with Crippen LogP contribution in [0.15, 0.2) is 42.5 Å². The lowest BCUT2D eigenvalue weighted by Gasteiger charge is -2.12. The Bertz CT molecular complexity index is 1040. The standard InChI is InChI=1S/C19H14Cl3N3O2S/c20-11-1-4-13(5-2-11)25-19(14-9-28-10-16(14)24-25)23-18(26)8-27-17-6-3-12(21)7-15(17)22/h1-7H,8-10H2,(H,23,26). The van der Waals surface area contributed by atoms with E-state index < -0.39 is 0 Å². The number of anilines is 1. The van der Waals surface area contributed by atoms with Crippen molar-refractivity contribution in [2.24, 2.45) is 0 Å². The van der Waals surface area contributed by atoms with Crippen LogP contribution in [0.1, 0.15) is 11.3 Å². The fraction of sp³-hybridized carbons (Fsp3) is 0.158.